The molecule has 0 saturated carbocycles. The van der Waals surface area contributed by atoms with E-state index in [1.807, 2.05) is 33.7 Å². The second-order valence-corrected chi connectivity index (χ2v) is 11.0. The maximum absolute atomic E-state index is 13.5. The van der Waals surface area contributed by atoms with Crippen LogP contribution in [-0.4, -0.2) is 43.9 Å². The molecule has 1 aromatic carbocycles. The molecule has 2 aromatic rings. The van der Waals surface area contributed by atoms with Crippen molar-refractivity contribution < 1.29 is 4.79 Å². The smallest absolute Gasteiger partial charge is 0.319 e. The average Bonchev–Trinajstić information content (AvgIpc) is 2.83. The molecule has 0 radical (unpaired) electrons. The van der Waals surface area contributed by atoms with Crippen LogP contribution < -0.4 is 5.57 Å². The summed E-state index contributed by atoms with van der Waals surface area (Å²) in [6.07, 6.45) is 0. The number of hydrogen-bond acceptors (Lipinski definition) is 2. The molecular formula is C20H32N3OP. The number of rotatable bonds is 5. The van der Waals surface area contributed by atoms with Gasteiger partial charge in [-0.05, 0) is 59.1 Å². The fourth-order valence-corrected chi connectivity index (χ4v) is 6.35. The summed E-state index contributed by atoms with van der Waals surface area (Å²) in [4.78, 5) is 20.4. The standard InChI is InChI=1S/C20H32N3OP/c1-13(2)22(14(3)4)20(24)23-18-12-10-9-11-17(18)21-19(23)25(15(5)6)16(7)8/h9-16H,1-8H3. The van der Waals surface area contributed by atoms with Crippen molar-refractivity contribution in [2.75, 3.05) is 0 Å². The van der Waals surface area contributed by atoms with Crippen molar-refractivity contribution in [3.63, 3.8) is 0 Å². The summed E-state index contributed by atoms with van der Waals surface area (Å²) < 4.78 is 1.89. The van der Waals surface area contributed by atoms with Crippen molar-refractivity contribution in [1.82, 2.24) is 14.5 Å². The summed E-state index contributed by atoms with van der Waals surface area (Å²) in [6, 6.07) is 8.32. The van der Waals surface area contributed by atoms with Gasteiger partial charge in [0, 0.05) is 12.1 Å². The van der Waals surface area contributed by atoms with Crippen LogP contribution in [0.15, 0.2) is 24.3 Å². The van der Waals surface area contributed by atoms with Crippen molar-refractivity contribution in [2.24, 2.45) is 0 Å². The molecule has 0 atom stereocenters. The molecule has 0 unspecified atom stereocenters. The van der Waals surface area contributed by atoms with Crippen LogP contribution >= 0.6 is 7.92 Å². The highest BCUT2D eigenvalue weighted by Gasteiger charge is 2.31. The van der Waals surface area contributed by atoms with Gasteiger partial charge in [0.15, 0.2) is 0 Å². The van der Waals surface area contributed by atoms with E-state index in [4.69, 9.17) is 4.98 Å². The summed E-state index contributed by atoms with van der Waals surface area (Å²) in [5.74, 6) is 0. The second-order valence-electron chi connectivity index (χ2n) is 7.71. The maximum atomic E-state index is 13.5. The fourth-order valence-electron chi connectivity index (χ4n) is 3.59. The maximum Gasteiger partial charge on any atom is 0.330 e. The van der Waals surface area contributed by atoms with E-state index in [0.29, 0.717) is 11.3 Å². The average molecular weight is 361 g/mol. The highest BCUT2D eigenvalue weighted by Crippen LogP contribution is 2.45. The quantitative estimate of drug-likeness (QED) is 0.699. The van der Waals surface area contributed by atoms with Crippen LogP contribution in [0.25, 0.3) is 11.0 Å². The number of aromatic nitrogens is 2. The normalized spacial score (nSPS) is 12.4. The molecule has 0 spiro atoms. The predicted octanol–water partition coefficient (Wildman–Crippen LogP) is 5.05. The van der Waals surface area contributed by atoms with Crippen LogP contribution in [0.3, 0.4) is 0 Å². The van der Waals surface area contributed by atoms with Gasteiger partial charge in [0.05, 0.1) is 11.0 Å². The molecule has 0 N–H and O–H groups in total. The number of nitrogens with zero attached hydrogens (tertiary/aromatic N) is 3. The van der Waals surface area contributed by atoms with E-state index in [0.717, 1.165) is 16.6 Å². The highest BCUT2D eigenvalue weighted by atomic mass is 31.1. The van der Waals surface area contributed by atoms with E-state index in [2.05, 4.69) is 55.4 Å². The number of para-hydroxylation sites is 2. The Hall–Kier alpha value is -1.41. The zero-order valence-corrected chi connectivity index (χ0v) is 17.7. The second kappa shape index (κ2) is 7.86. The molecule has 1 heterocycles. The Balaban J connectivity index is 2.72. The molecule has 0 aliphatic heterocycles. The molecule has 25 heavy (non-hydrogen) atoms. The number of carbonyl (C=O) groups excluding carboxylic acids is 1. The van der Waals surface area contributed by atoms with Crippen LogP contribution in [0.5, 0.6) is 0 Å². The van der Waals surface area contributed by atoms with Crippen LogP contribution in [0, 0.1) is 0 Å². The van der Waals surface area contributed by atoms with Gasteiger partial charge in [-0.15, -0.1) is 0 Å². The van der Waals surface area contributed by atoms with Crippen LogP contribution in [0.1, 0.15) is 55.4 Å². The summed E-state index contributed by atoms with van der Waals surface area (Å²) in [5, 5.41) is 0. The van der Waals surface area contributed by atoms with E-state index in [1.165, 1.54) is 0 Å². The van der Waals surface area contributed by atoms with Crippen molar-refractivity contribution >= 4 is 30.6 Å². The third-order valence-corrected chi connectivity index (χ3v) is 7.40. The van der Waals surface area contributed by atoms with E-state index < -0.39 is 7.92 Å². The Labute approximate surface area is 153 Å². The Bertz CT molecular complexity index is 718. The first-order valence-corrected chi connectivity index (χ1v) is 10.7. The molecule has 0 aliphatic carbocycles. The van der Waals surface area contributed by atoms with Crippen LogP contribution in [0.2, 0.25) is 0 Å². The third-order valence-electron chi connectivity index (χ3n) is 4.41. The van der Waals surface area contributed by atoms with Crippen molar-refractivity contribution in [3.05, 3.63) is 24.3 Å². The lowest BCUT2D eigenvalue weighted by atomic mass is 10.2. The Kier molecular flexibility index (Phi) is 6.26. The van der Waals surface area contributed by atoms with E-state index >= 15 is 0 Å². The van der Waals surface area contributed by atoms with Gasteiger partial charge in [0.1, 0.15) is 5.57 Å². The Morgan fingerprint density at radius 1 is 0.960 bits per heavy atom. The lowest BCUT2D eigenvalue weighted by Gasteiger charge is -2.33. The molecule has 0 bridgehead atoms. The van der Waals surface area contributed by atoms with E-state index in [-0.39, 0.29) is 18.1 Å². The number of amides is 1. The summed E-state index contributed by atoms with van der Waals surface area (Å²) in [5.41, 5.74) is 3.74. The highest BCUT2D eigenvalue weighted by molar-refractivity contribution is 7.66. The number of carbonyl (C=O) groups is 1. The zero-order valence-electron chi connectivity index (χ0n) is 16.8. The van der Waals surface area contributed by atoms with Crippen molar-refractivity contribution in [1.29, 1.82) is 0 Å². The first-order chi connectivity index (χ1) is 11.7. The topological polar surface area (TPSA) is 38.1 Å². The fraction of sp³-hybridized carbons (Fsp3) is 0.600. The van der Waals surface area contributed by atoms with Gasteiger partial charge in [-0.1, -0.05) is 39.8 Å². The Morgan fingerprint density at radius 3 is 1.96 bits per heavy atom. The molecule has 1 aromatic heterocycles. The lowest BCUT2D eigenvalue weighted by molar-refractivity contribution is 0.168. The van der Waals surface area contributed by atoms with E-state index in [1.54, 1.807) is 0 Å². The molecular weight excluding hydrogens is 329 g/mol. The Morgan fingerprint density at radius 2 is 1.48 bits per heavy atom. The summed E-state index contributed by atoms with van der Waals surface area (Å²) in [7, 11) is -0.533. The van der Waals surface area contributed by atoms with Crippen molar-refractivity contribution in [3.8, 4) is 0 Å². The molecule has 0 aliphatic rings. The molecule has 138 valence electrons. The first kappa shape index (κ1) is 19.9. The molecule has 1 amide bonds. The minimum atomic E-state index is -0.533. The number of hydrogen-bond donors (Lipinski definition) is 0. The molecule has 2 rings (SSSR count). The van der Waals surface area contributed by atoms with Crippen LogP contribution in [-0.2, 0) is 0 Å². The molecule has 4 nitrogen and oxygen atoms in total. The largest absolute Gasteiger partial charge is 0.330 e. The molecule has 5 heteroatoms. The van der Waals surface area contributed by atoms with Gasteiger partial charge in [0.2, 0.25) is 0 Å². The third kappa shape index (κ3) is 3.89. The minimum absolute atomic E-state index is 0.0440. The number of benzene rings is 1. The van der Waals surface area contributed by atoms with Crippen molar-refractivity contribution in [2.45, 2.75) is 78.8 Å². The SMILES string of the molecule is CC(C)N(C(=O)n1c(P(C(C)C)C(C)C)nc2ccccc21)C(C)C. The minimum Gasteiger partial charge on any atom is -0.319 e. The monoisotopic (exact) mass is 361 g/mol. The van der Waals surface area contributed by atoms with Gasteiger partial charge in [-0.2, -0.15) is 0 Å². The summed E-state index contributed by atoms with van der Waals surface area (Å²) >= 11 is 0. The molecule has 0 fully saturated rings. The van der Waals surface area contributed by atoms with Crippen LogP contribution in [0.4, 0.5) is 4.79 Å². The van der Waals surface area contributed by atoms with Gasteiger partial charge in [-0.3, -0.25) is 0 Å². The predicted molar refractivity (Wildman–Crippen MR) is 109 cm³/mol. The van der Waals surface area contributed by atoms with E-state index in [9.17, 15) is 4.79 Å². The lowest BCUT2D eigenvalue weighted by Crippen LogP contribution is -2.47. The first-order valence-electron chi connectivity index (χ1n) is 9.25. The van der Waals surface area contributed by atoms with Gasteiger partial charge in [0.25, 0.3) is 0 Å². The van der Waals surface area contributed by atoms with Gasteiger partial charge in [-0.25, -0.2) is 14.3 Å². The van der Waals surface area contributed by atoms with Gasteiger partial charge < -0.3 is 4.90 Å². The number of fused-ring (bicyclic) bond motifs is 1. The zero-order chi connectivity index (χ0) is 18.9. The summed E-state index contributed by atoms with van der Waals surface area (Å²) in [6.45, 7) is 17.2. The molecule has 0 saturated heterocycles. The number of imidazole rings is 1. The van der Waals surface area contributed by atoms with Gasteiger partial charge >= 0.3 is 6.03 Å².